The van der Waals surface area contributed by atoms with Crippen LogP contribution < -0.4 is 31.8 Å². The number of benzene rings is 10. The molecule has 10 rings (SSSR count). The van der Waals surface area contributed by atoms with Gasteiger partial charge >= 0.3 is 0 Å². The van der Waals surface area contributed by atoms with Crippen LogP contribution in [0.5, 0.6) is 0 Å². The molecule has 0 bridgehead atoms. The van der Waals surface area contributed by atoms with Crippen molar-refractivity contribution in [2.24, 2.45) is 0 Å². The molecular formula is C55H43O3P3. The standard InChI is InChI=1S/C55H43O3P3/c1-59(56,44-21-5-4-6-22-44)45-30-27-40(28-31-45)46-33-34-54(60(2,57)52-25-13-19-38-15-9-11-23-47(38)52)49-32-29-43(36-51(46)49)50-35-41-17-7-8-18-42(41)37-55(50)61(3,58)53-26-14-20-39-16-10-12-24-48(39)53/h4-37H,1-3H3. The summed E-state index contributed by atoms with van der Waals surface area (Å²) in [4.78, 5) is 0. The predicted molar refractivity (Wildman–Crippen MR) is 265 cm³/mol. The van der Waals surface area contributed by atoms with Gasteiger partial charge in [0, 0.05) is 31.8 Å². The van der Waals surface area contributed by atoms with Crippen molar-refractivity contribution in [2.75, 3.05) is 20.0 Å². The van der Waals surface area contributed by atoms with Gasteiger partial charge in [-0.2, -0.15) is 0 Å². The minimum atomic E-state index is -3.20. The van der Waals surface area contributed by atoms with Gasteiger partial charge in [-0.3, -0.25) is 0 Å². The van der Waals surface area contributed by atoms with Crippen LogP contribution in [0.4, 0.5) is 0 Å². The lowest BCUT2D eigenvalue weighted by atomic mass is 9.94. The van der Waals surface area contributed by atoms with Gasteiger partial charge in [-0.1, -0.05) is 182 Å². The Morgan fingerprint density at radius 2 is 0.754 bits per heavy atom. The molecule has 0 heterocycles. The molecule has 10 aromatic carbocycles. The van der Waals surface area contributed by atoms with E-state index in [-0.39, 0.29) is 0 Å². The van der Waals surface area contributed by atoms with Gasteiger partial charge in [0.15, 0.2) is 0 Å². The molecular weight excluding hydrogens is 802 g/mol. The third-order valence-electron chi connectivity index (χ3n) is 12.5. The van der Waals surface area contributed by atoms with Gasteiger partial charge in [0.25, 0.3) is 0 Å². The maximum atomic E-state index is 15.6. The molecule has 0 amide bonds. The molecule has 0 fully saturated rings. The highest BCUT2D eigenvalue weighted by molar-refractivity contribution is 7.79. The van der Waals surface area contributed by atoms with Gasteiger partial charge in [-0.15, -0.1) is 0 Å². The van der Waals surface area contributed by atoms with Gasteiger partial charge < -0.3 is 13.7 Å². The molecule has 3 atom stereocenters. The van der Waals surface area contributed by atoms with E-state index in [2.05, 4.69) is 84.9 Å². The average molecular weight is 845 g/mol. The van der Waals surface area contributed by atoms with Crippen molar-refractivity contribution in [1.29, 1.82) is 0 Å². The monoisotopic (exact) mass is 844 g/mol. The van der Waals surface area contributed by atoms with Crippen LogP contribution in [0, 0.1) is 0 Å². The van der Waals surface area contributed by atoms with Crippen LogP contribution in [0.3, 0.4) is 0 Å². The van der Waals surface area contributed by atoms with E-state index in [1.165, 1.54) is 0 Å². The molecule has 6 heteroatoms. The first-order chi connectivity index (χ1) is 29.5. The number of fused-ring (bicyclic) bond motifs is 4. The van der Waals surface area contributed by atoms with Crippen molar-refractivity contribution in [2.45, 2.75) is 0 Å². The third kappa shape index (κ3) is 6.74. The van der Waals surface area contributed by atoms with Gasteiger partial charge in [-0.05, 0) is 110 Å². The molecule has 0 aromatic heterocycles. The normalized spacial score (nSPS) is 14.7. The van der Waals surface area contributed by atoms with E-state index < -0.39 is 21.4 Å². The van der Waals surface area contributed by atoms with Gasteiger partial charge in [0.05, 0.1) is 0 Å². The lowest BCUT2D eigenvalue weighted by Crippen LogP contribution is -2.19. The summed E-state index contributed by atoms with van der Waals surface area (Å²) in [5.41, 5.74) is 3.74. The first-order valence-corrected chi connectivity index (χ1v) is 26.9. The number of hydrogen-bond donors (Lipinski definition) is 0. The van der Waals surface area contributed by atoms with Crippen molar-refractivity contribution >= 4 is 96.3 Å². The van der Waals surface area contributed by atoms with E-state index in [1.807, 2.05) is 141 Å². The molecule has 0 aliphatic carbocycles. The lowest BCUT2D eigenvalue weighted by Gasteiger charge is -2.23. The van der Waals surface area contributed by atoms with E-state index in [4.69, 9.17) is 0 Å². The molecule has 0 saturated carbocycles. The molecule has 3 nitrogen and oxygen atoms in total. The van der Waals surface area contributed by atoms with Crippen LogP contribution in [0.15, 0.2) is 206 Å². The largest absolute Gasteiger partial charge is 0.314 e. The minimum Gasteiger partial charge on any atom is -0.314 e. The third-order valence-corrected chi connectivity index (χ3v) is 20.2. The molecule has 0 N–H and O–H groups in total. The van der Waals surface area contributed by atoms with E-state index in [0.29, 0.717) is 0 Å². The van der Waals surface area contributed by atoms with Crippen molar-refractivity contribution < 1.29 is 13.7 Å². The fraction of sp³-hybridized carbons (Fsp3) is 0.0545. The molecule has 0 spiro atoms. The van der Waals surface area contributed by atoms with E-state index >= 15 is 9.13 Å². The number of hydrogen-bond acceptors (Lipinski definition) is 3. The summed E-state index contributed by atoms with van der Waals surface area (Å²) in [6.45, 7) is 5.60. The SMILES string of the molecule is CP(=O)(c1ccccc1)c1ccc(-c2ccc(P(C)(=O)c3cccc4ccccc34)c3ccc(-c4cc5ccccc5cc4P(C)(=O)c4cccc5ccccc45)cc23)cc1. The van der Waals surface area contributed by atoms with Crippen molar-refractivity contribution in [1.82, 2.24) is 0 Å². The highest BCUT2D eigenvalue weighted by atomic mass is 31.2. The molecule has 0 radical (unpaired) electrons. The molecule has 3 unspecified atom stereocenters. The van der Waals surface area contributed by atoms with Crippen molar-refractivity contribution in [3.05, 3.63) is 206 Å². The maximum Gasteiger partial charge on any atom is 0.141 e. The molecule has 0 saturated heterocycles. The second-order valence-corrected chi connectivity index (χ2v) is 24.8. The summed E-state index contributed by atoms with van der Waals surface area (Å²) in [6, 6.07) is 69.2. The highest BCUT2D eigenvalue weighted by Gasteiger charge is 2.30. The van der Waals surface area contributed by atoms with Crippen LogP contribution >= 0.6 is 21.4 Å². The van der Waals surface area contributed by atoms with Crippen LogP contribution in [-0.2, 0) is 13.7 Å². The summed E-state index contributed by atoms with van der Waals surface area (Å²) in [6.07, 6.45) is 0. The summed E-state index contributed by atoms with van der Waals surface area (Å²) in [7, 11) is -9.20. The zero-order valence-electron chi connectivity index (χ0n) is 34.2. The van der Waals surface area contributed by atoms with Crippen LogP contribution in [0.1, 0.15) is 0 Å². The van der Waals surface area contributed by atoms with Crippen LogP contribution in [0.2, 0.25) is 0 Å². The van der Waals surface area contributed by atoms with Gasteiger partial charge in [0.1, 0.15) is 21.4 Å². The Bertz CT molecular complexity index is 3490. The lowest BCUT2D eigenvalue weighted by molar-refractivity contribution is 0.589. The van der Waals surface area contributed by atoms with E-state index in [9.17, 15) is 4.57 Å². The molecule has 0 aliphatic heterocycles. The Labute approximate surface area is 356 Å². The first-order valence-electron chi connectivity index (χ1n) is 20.5. The zero-order chi connectivity index (χ0) is 41.9. The smallest absolute Gasteiger partial charge is 0.141 e. The summed E-state index contributed by atoms with van der Waals surface area (Å²) >= 11 is 0. The van der Waals surface area contributed by atoms with Crippen LogP contribution in [-0.4, -0.2) is 20.0 Å². The van der Waals surface area contributed by atoms with Crippen LogP contribution in [0.25, 0.3) is 65.3 Å². The van der Waals surface area contributed by atoms with Gasteiger partial charge in [-0.25, -0.2) is 0 Å². The second-order valence-electron chi connectivity index (χ2n) is 16.3. The maximum absolute atomic E-state index is 15.6. The van der Waals surface area contributed by atoms with Crippen molar-refractivity contribution in [3.63, 3.8) is 0 Å². The Kier molecular flexibility index (Phi) is 9.70. The fourth-order valence-corrected chi connectivity index (χ4v) is 15.5. The zero-order valence-corrected chi connectivity index (χ0v) is 36.9. The molecule has 61 heavy (non-hydrogen) atoms. The topological polar surface area (TPSA) is 51.2 Å². The Hall–Kier alpha value is -6.07. The summed E-state index contributed by atoms with van der Waals surface area (Å²) in [5.74, 6) is 0. The fourth-order valence-electron chi connectivity index (χ4n) is 9.14. The summed E-state index contributed by atoms with van der Waals surface area (Å²) < 4.78 is 45.3. The minimum absolute atomic E-state index is 0.781. The first kappa shape index (κ1) is 39.1. The quantitative estimate of drug-likeness (QED) is 0.143. The van der Waals surface area contributed by atoms with Crippen molar-refractivity contribution in [3.8, 4) is 22.3 Å². The number of rotatable bonds is 8. The molecule has 10 aromatic rings. The van der Waals surface area contributed by atoms with E-state index in [0.717, 1.165) is 97.2 Å². The predicted octanol–water partition coefficient (Wildman–Crippen LogP) is 12.5. The molecule has 296 valence electrons. The molecule has 0 aliphatic rings. The van der Waals surface area contributed by atoms with E-state index in [1.54, 1.807) is 0 Å². The Morgan fingerprint density at radius 1 is 0.279 bits per heavy atom. The summed E-state index contributed by atoms with van der Waals surface area (Å²) in [5, 5.41) is 12.8. The second kappa shape index (κ2) is 15.1. The Morgan fingerprint density at radius 3 is 1.38 bits per heavy atom. The Balaban J connectivity index is 1.21. The van der Waals surface area contributed by atoms with Gasteiger partial charge in [0.2, 0.25) is 0 Å². The average Bonchev–Trinajstić information content (AvgIpc) is 3.30. The highest BCUT2D eigenvalue weighted by Crippen LogP contribution is 2.48.